The summed E-state index contributed by atoms with van der Waals surface area (Å²) in [6.45, 7) is 2.10. The average Bonchev–Trinajstić information content (AvgIpc) is 2.98. The number of carbonyl (C=O) groups excluding carboxylic acids is 1. The maximum Gasteiger partial charge on any atom is 0.338 e. The highest BCUT2D eigenvalue weighted by Crippen LogP contribution is 2.21. The van der Waals surface area contributed by atoms with Crippen molar-refractivity contribution < 1.29 is 14.3 Å². The van der Waals surface area contributed by atoms with Gasteiger partial charge in [-0.2, -0.15) is 4.52 Å². The summed E-state index contributed by atoms with van der Waals surface area (Å²) in [5.41, 5.74) is 0.943. The largest absolute Gasteiger partial charge is 0.462 e. The fourth-order valence-corrected chi connectivity index (χ4v) is 1.72. The van der Waals surface area contributed by atoms with Crippen LogP contribution in [0.15, 0.2) is 36.7 Å². The van der Waals surface area contributed by atoms with E-state index in [1.54, 1.807) is 31.2 Å². The van der Waals surface area contributed by atoms with Crippen molar-refractivity contribution in [3.05, 3.63) is 42.2 Å². The van der Waals surface area contributed by atoms with Gasteiger partial charge in [-0.3, -0.25) is 4.98 Å². The molecule has 0 amide bonds. The van der Waals surface area contributed by atoms with E-state index >= 15 is 0 Å². The van der Waals surface area contributed by atoms with Crippen LogP contribution in [0, 0.1) is 0 Å². The minimum Gasteiger partial charge on any atom is -0.462 e. The summed E-state index contributed by atoms with van der Waals surface area (Å²) < 4.78 is 12.0. The van der Waals surface area contributed by atoms with Crippen molar-refractivity contribution in [2.75, 3.05) is 6.61 Å². The van der Waals surface area contributed by atoms with Crippen molar-refractivity contribution in [1.29, 1.82) is 0 Å². The molecule has 2 aromatic heterocycles. The highest BCUT2D eigenvalue weighted by atomic mass is 16.5. The lowest BCUT2D eigenvalue weighted by Crippen LogP contribution is -2.04. The first kappa shape index (κ1) is 13.0. The SMILES string of the molecule is CCOC(=O)c1ccc(Oc2cncc3nnnn23)cc1. The van der Waals surface area contributed by atoms with E-state index in [-0.39, 0.29) is 5.97 Å². The zero-order chi connectivity index (χ0) is 14.7. The number of hydrogen-bond donors (Lipinski definition) is 0. The molecule has 0 radical (unpaired) electrons. The standard InChI is InChI=1S/C13H11N5O3/c1-2-20-13(19)9-3-5-10(6-4-9)21-12-8-14-7-11-15-16-17-18(11)12/h3-8H,2H2,1H3. The predicted molar refractivity (Wildman–Crippen MR) is 71.0 cm³/mol. The van der Waals surface area contributed by atoms with Crippen molar-refractivity contribution in [3.8, 4) is 11.6 Å². The van der Waals surface area contributed by atoms with E-state index in [2.05, 4.69) is 20.5 Å². The van der Waals surface area contributed by atoms with Crippen LogP contribution in [-0.4, -0.2) is 37.6 Å². The molecule has 0 aliphatic carbocycles. The molecular weight excluding hydrogens is 274 g/mol. The summed E-state index contributed by atoms with van der Waals surface area (Å²) in [4.78, 5) is 15.5. The van der Waals surface area contributed by atoms with Crippen LogP contribution >= 0.6 is 0 Å². The smallest absolute Gasteiger partial charge is 0.338 e. The highest BCUT2D eigenvalue weighted by Gasteiger charge is 2.09. The zero-order valence-corrected chi connectivity index (χ0v) is 11.1. The van der Waals surface area contributed by atoms with Gasteiger partial charge in [0.2, 0.25) is 11.5 Å². The van der Waals surface area contributed by atoms with Crippen LogP contribution in [0.1, 0.15) is 17.3 Å². The third kappa shape index (κ3) is 2.64. The van der Waals surface area contributed by atoms with E-state index in [9.17, 15) is 4.79 Å². The van der Waals surface area contributed by atoms with Gasteiger partial charge in [0.25, 0.3) is 0 Å². The first-order valence-corrected chi connectivity index (χ1v) is 6.25. The lowest BCUT2D eigenvalue weighted by molar-refractivity contribution is 0.0526. The zero-order valence-electron chi connectivity index (χ0n) is 11.1. The third-order valence-electron chi connectivity index (χ3n) is 2.67. The van der Waals surface area contributed by atoms with E-state index in [0.29, 0.717) is 29.4 Å². The van der Waals surface area contributed by atoms with Crippen LogP contribution in [0.5, 0.6) is 11.6 Å². The number of benzene rings is 1. The summed E-state index contributed by atoms with van der Waals surface area (Å²) in [6, 6.07) is 6.58. The molecule has 3 aromatic rings. The fraction of sp³-hybridized carbons (Fsp3) is 0.154. The Morgan fingerprint density at radius 1 is 1.24 bits per heavy atom. The monoisotopic (exact) mass is 285 g/mol. The van der Waals surface area contributed by atoms with Crippen molar-refractivity contribution in [2.45, 2.75) is 6.92 Å². The second-order valence-electron chi connectivity index (χ2n) is 4.04. The van der Waals surface area contributed by atoms with Crippen LogP contribution < -0.4 is 4.74 Å². The Labute approximate surface area is 119 Å². The molecule has 0 saturated heterocycles. The molecule has 0 fully saturated rings. The molecule has 21 heavy (non-hydrogen) atoms. The highest BCUT2D eigenvalue weighted by molar-refractivity contribution is 5.89. The fourth-order valence-electron chi connectivity index (χ4n) is 1.72. The average molecular weight is 285 g/mol. The summed E-state index contributed by atoms with van der Waals surface area (Å²) in [5.74, 6) is 0.544. The van der Waals surface area contributed by atoms with E-state index in [1.165, 1.54) is 16.9 Å². The Morgan fingerprint density at radius 2 is 2.05 bits per heavy atom. The molecule has 8 heteroatoms. The lowest BCUT2D eigenvalue weighted by Gasteiger charge is -2.06. The van der Waals surface area contributed by atoms with E-state index in [0.717, 1.165) is 0 Å². The molecular formula is C13H11N5O3. The minimum absolute atomic E-state index is 0.337. The molecule has 0 saturated carbocycles. The van der Waals surface area contributed by atoms with Crippen LogP contribution in [0.2, 0.25) is 0 Å². The van der Waals surface area contributed by atoms with Gasteiger partial charge in [0.1, 0.15) is 5.75 Å². The van der Waals surface area contributed by atoms with Gasteiger partial charge in [-0.1, -0.05) is 0 Å². The Balaban J connectivity index is 1.82. The van der Waals surface area contributed by atoms with E-state index < -0.39 is 0 Å². The Hall–Kier alpha value is -3.03. The van der Waals surface area contributed by atoms with Crippen molar-refractivity contribution in [3.63, 3.8) is 0 Å². The van der Waals surface area contributed by atoms with Crippen LogP contribution in [0.3, 0.4) is 0 Å². The van der Waals surface area contributed by atoms with Crippen LogP contribution in [0.25, 0.3) is 5.65 Å². The van der Waals surface area contributed by atoms with Crippen molar-refractivity contribution in [1.82, 2.24) is 25.0 Å². The lowest BCUT2D eigenvalue weighted by atomic mass is 10.2. The molecule has 0 bridgehead atoms. The number of tetrazole rings is 1. The van der Waals surface area contributed by atoms with Crippen LogP contribution in [-0.2, 0) is 4.74 Å². The van der Waals surface area contributed by atoms with E-state index in [1.807, 2.05) is 0 Å². The predicted octanol–water partition coefficient (Wildman–Crippen LogP) is 1.49. The molecule has 0 atom stereocenters. The molecule has 106 valence electrons. The van der Waals surface area contributed by atoms with Gasteiger partial charge >= 0.3 is 5.97 Å². The Morgan fingerprint density at radius 3 is 2.81 bits per heavy atom. The summed E-state index contributed by atoms with van der Waals surface area (Å²) in [7, 11) is 0. The van der Waals surface area contributed by atoms with Gasteiger partial charge in [-0.25, -0.2) is 4.79 Å². The molecule has 0 N–H and O–H groups in total. The molecule has 1 aromatic carbocycles. The molecule has 0 aliphatic heterocycles. The number of aromatic nitrogens is 5. The van der Waals surface area contributed by atoms with Gasteiger partial charge < -0.3 is 9.47 Å². The number of ether oxygens (including phenoxy) is 2. The number of carbonyl (C=O) groups is 1. The summed E-state index contributed by atoms with van der Waals surface area (Å²) in [5, 5.41) is 11.1. The number of hydrogen-bond acceptors (Lipinski definition) is 7. The van der Waals surface area contributed by atoms with Gasteiger partial charge in [-0.15, -0.1) is 5.10 Å². The third-order valence-corrected chi connectivity index (χ3v) is 2.67. The second-order valence-corrected chi connectivity index (χ2v) is 4.04. The number of fused-ring (bicyclic) bond motifs is 1. The first-order valence-electron chi connectivity index (χ1n) is 6.25. The molecule has 8 nitrogen and oxygen atoms in total. The Bertz CT molecular complexity index is 769. The molecule has 2 heterocycles. The second kappa shape index (κ2) is 5.53. The first-order chi connectivity index (χ1) is 10.3. The number of nitrogens with zero attached hydrogens (tertiary/aromatic N) is 5. The summed E-state index contributed by atoms with van der Waals surface area (Å²) in [6.07, 6.45) is 3.03. The van der Waals surface area contributed by atoms with E-state index in [4.69, 9.17) is 9.47 Å². The normalized spacial score (nSPS) is 10.5. The van der Waals surface area contributed by atoms with Gasteiger partial charge in [0, 0.05) is 0 Å². The topological polar surface area (TPSA) is 91.5 Å². The number of esters is 1. The number of rotatable bonds is 4. The van der Waals surface area contributed by atoms with Gasteiger partial charge in [0.15, 0.2) is 0 Å². The van der Waals surface area contributed by atoms with Crippen LogP contribution in [0.4, 0.5) is 0 Å². The maximum absolute atomic E-state index is 11.6. The van der Waals surface area contributed by atoms with Gasteiger partial charge in [-0.05, 0) is 41.6 Å². The van der Waals surface area contributed by atoms with Crippen molar-refractivity contribution >= 4 is 11.6 Å². The molecule has 0 aliphatic rings. The minimum atomic E-state index is -0.367. The van der Waals surface area contributed by atoms with Crippen molar-refractivity contribution in [2.24, 2.45) is 0 Å². The molecule has 0 spiro atoms. The maximum atomic E-state index is 11.6. The molecule has 3 rings (SSSR count). The van der Waals surface area contributed by atoms with Gasteiger partial charge in [0.05, 0.1) is 24.6 Å². The summed E-state index contributed by atoms with van der Waals surface area (Å²) >= 11 is 0. The quantitative estimate of drug-likeness (QED) is 0.670. The molecule has 0 unspecified atom stereocenters. The Kier molecular flexibility index (Phi) is 3.42.